The van der Waals surface area contributed by atoms with Crippen LogP contribution in [-0.2, 0) is 49.5 Å². The molecule has 0 amide bonds. The molecule has 0 aliphatic rings. The van der Waals surface area contributed by atoms with Gasteiger partial charge in [0.1, 0.15) is 0 Å². The summed E-state index contributed by atoms with van der Waals surface area (Å²) in [5.41, 5.74) is 0. The molecule has 0 aromatic heterocycles. The third kappa shape index (κ3) is 8.93. The molecule has 0 aliphatic heterocycles. The summed E-state index contributed by atoms with van der Waals surface area (Å²) in [6.45, 7) is 0. The van der Waals surface area contributed by atoms with Gasteiger partial charge in [-0.05, 0) is 0 Å². The minimum atomic E-state index is 0. The van der Waals surface area contributed by atoms with E-state index in [0.29, 0.717) is 0 Å². The monoisotopic (exact) mass is 246 g/mol. The molecule has 0 atom stereocenters. The Hall–Kier alpha value is 2.12. The Morgan fingerprint density at radius 1 is 0.500 bits per heavy atom. The van der Waals surface area contributed by atoms with Gasteiger partial charge in [-0.25, -0.2) is 0 Å². The van der Waals surface area contributed by atoms with Crippen molar-refractivity contribution in [1.82, 2.24) is 0 Å². The summed E-state index contributed by atoms with van der Waals surface area (Å²) < 4.78 is 0. The molecule has 0 saturated carbocycles. The molecule has 0 saturated heterocycles. The van der Waals surface area contributed by atoms with Gasteiger partial charge >= 0.3 is 19.8 Å². The van der Waals surface area contributed by atoms with E-state index < -0.39 is 0 Å². The van der Waals surface area contributed by atoms with E-state index in [1.54, 1.807) is 0 Å². The van der Waals surface area contributed by atoms with Crippen LogP contribution in [0.25, 0.3) is 0 Å². The van der Waals surface area contributed by atoms with Crippen molar-refractivity contribution < 1.29 is 49.5 Å². The van der Waals surface area contributed by atoms with Crippen molar-refractivity contribution in [3.63, 3.8) is 0 Å². The summed E-state index contributed by atoms with van der Waals surface area (Å²) in [6.07, 6.45) is 0. The molecule has 0 bridgehead atoms. The minimum absolute atomic E-state index is 0. The molecule has 0 radical (unpaired) electrons. The van der Waals surface area contributed by atoms with Gasteiger partial charge in [-0.3, -0.25) is 0 Å². The fraction of sp³-hybridized carbons (Fsp3) is 0. The zero-order valence-corrected chi connectivity index (χ0v) is 3.91. The maximum absolute atomic E-state index is 0. The average Bonchev–Trinajstić information content (AvgIpc) is 0. The first kappa shape index (κ1) is 35.7. The van der Waals surface area contributed by atoms with Gasteiger partial charge in [0.05, 0.1) is 0 Å². The SMILES string of the molecule is [GaH3].[Ni].[Ni].[Ni]. The third-order valence-corrected chi connectivity index (χ3v) is 0. The Labute approximate surface area is 68.7 Å². The second-order valence-corrected chi connectivity index (χ2v) is 0. The van der Waals surface area contributed by atoms with Crippen molar-refractivity contribution in [1.29, 1.82) is 0 Å². The molecular formula is H3GaNi3. The van der Waals surface area contributed by atoms with E-state index in [1.165, 1.54) is 0 Å². The van der Waals surface area contributed by atoms with Gasteiger partial charge in [0.25, 0.3) is 0 Å². The van der Waals surface area contributed by atoms with Crippen LogP contribution in [0.3, 0.4) is 0 Å². The first-order valence-electron chi connectivity index (χ1n) is 0. The van der Waals surface area contributed by atoms with Gasteiger partial charge in [-0.2, -0.15) is 0 Å². The smallest absolute Gasteiger partial charge is 0 e. The second-order valence-electron chi connectivity index (χ2n) is 0. The largest absolute Gasteiger partial charge is 0 e. The van der Waals surface area contributed by atoms with Crippen LogP contribution in [0.15, 0.2) is 0 Å². The van der Waals surface area contributed by atoms with E-state index in [0.717, 1.165) is 0 Å². The normalized spacial score (nSPS) is 0. The molecule has 0 N–H and O–H groups in total. The van der Waals surface area contributed by atoms with Gasteiger partial charge < -0.3 is 0 Å². The molecule has 0 aliphatic carbocycles. The number of hydrogen-bond acceptors (Lipinski definition) is 0. The Bertz CT molecular complexity index is 3.25. The van der Waals surface area contributed by atoms with Crippen LogP contribution in [0.5, 0.6) is 0 Å². The molecule has 4 heteroatoms. The summed E-state index contributed by atoms with van der Waals surface area (Å²) in [6, 6.07) is 0. The predicted octanol–water partition coefficient (Wildman–Crippen LogP) is -1.19. The Kier molecular flexibility index (Phi) is 173. The predicted molar refractivity (Wildman–Crippen MR) is 9.94 cm³/mol. The fourth-order valence-corrected chi connectivity index (χ4v) is 0. The maximum atomic E-state index is 0. The van der Waals surface area contributed by atoms with E-state index in [4.69, 9.17) is 0 Å². The van der Waals surface area contributed by atoms with Crippen molar-refractivity contribution in [2.24, 2.45) is 0 Å². The molecule has 0 aromatic rings. The van der Waals surface area contributed by atoms with Crippen LogP contribution in [0.2, 0.25) is 0 Å². The van der Waals surface area contributed by atoms with Crippen LogP contribution in [0.4, 0.5) is 0 Å². The van der Waals surface area contributed by atoms with Gasteiger partial charge in [0, 0.05) is 49.5 Å². The van der Waals surface area contributed by atoms with Gasteiger partial charge in [0.15, 0.2) is 0 Å². The Balaban J connectivity index is 0. The molecule has 36 valence electrons. The van der Waals surface area contributed by atoms with Crippen molar-refractivity contribution in [3.8, 4) is 0 Å². The summed E-state index contributed by atoms with van der Waals surface area (Å²) in [5.74, 6) is 0. The zero-order valence-electron chi connectivity index (χ0n) is 0.949. The fourth-order valence-electron chi connectivity index (χ4n) is 0. The third-order valence-electron chi connectivity index (χ3n) is 0. The van der Waals surface area contributed by atoms with Crippen LogP contribution in [0, 0.1) is 0 Å². The molecule has 4 heavy (non-hydrogen) atoms. The van der Waals surface area contributed by atoms with E-state index in [2.05, 4.69) is 0 Å². The van der Waals surface area contributed by atoms with E-state index >= 15 is 0 Å². The second kappa shape index (κ2) is 19.4. The van der Waals surface area contributed by atoms with E-state index in [9.17, 15) is 0 Å². The quantitative estimate of drug-likeness (QED) is 0.473. The Morgan fingerprint density at radius 3 is 0.500 bits per heavy atom. The summed E-state index contributed by atoms with van der Waals surface area (Å²) in [7, 11) is 0. The standard InChI is InChI=1S/Ga.3Ni.3H. The van der Waals surface area contributed by atoms with E-state index in [-0.39, 0.29) is 69.3 Å². The van der Waals surface area contributed by atoms with Gasteiger partial charge in [0.2, 0.25) is 0 Å². The minimum Gasteiger partial charge on any atom is 0 e. The summed E-state index contributed by atoms with van der Waals surface area (Å²) >= 11 is 0. The van der Waals surface area contributed by atoms with Crippen molar-refractivity contribution >= 4 is 19.8 Å². The van der Waals surface area contributed by atoms with Gasteiger partial charge in [-0.15, -0.1) is 0 Å². The van der Waals surface area contributed by atoms with Crippen LogP contribution >= 0.6 is 0 Å². The molecule has 0 fully saturated rings. The summed E-state index contributed by atoms with van der Waals surface area (Å²) in [4.78, 5) is 0. The molecule has 0 nitrogen and oxygen atoms in total. The van der Waals surface area contributed by atoms with Gasteiger partial charge in [-0.1, -0.05) is 0 Å². The number of hydrogen-bond donors (Lipinski definition) is 0. The maximum Gasteiger partial charge on any atom is 0 e. The van der Waals surface area contributed by atoms with Crippen molar-refractivity contribution in [2.45, 2.75) is 0 Å². The first-order chi connectivity index (χ1) is 0. The van der Waals surface area contributed by atoms with E-state index in [1.807, 2.05) is 0 Å². The Morgan fingerprint density at radius 2 is 0.500 bits per heavy atom. The van der Waals surface area contributed by atoms with Crippen LogP contribution in [0.1, 0.15) is 0 Å². The van der Waals surface area contributed by atoms with Crippen LogP contribution in [-0.4, -0.2) is 19.8 Å². The molecule has 0 rings (SSSR count). The van der Waals surface area contributed by atoms with Crippen molar-refractivity contribution in [2.75, 3.05) is 0 Å². The summed E-state index contributed by atoms with van der Waals surface area (Å²) in [5, 5.41) is 0. The number of rotatable bonds is 0. The average molecular weight is 249 g/mol. The molecule has 0 heterocycles. The molecule has 0 spiro atoms. The molecule has 0 aromatic carbocycles. The van der Waals surface area contributed by atoms with Crippen molar-refractivity contribution in [3.05, 3.63) is 0 Å². The zero-order chi connectivity index (χ0) is 0. The topological polar surface area (TPSA) is 0 Å². The molecular weight excluding hydrogens is 246 g/mol. The molecule has 0 unspecified atom stereocenters. The first-order valence-corrected chi connectivity index (χ1v) is 0. The van der Waals surface area contributed by atoms with Crippen LogP contribution < -0.4 is 0 Å².